The number of piperidine rings is 1. The molecule has 0 spiro atoms. The van der Waals surface area contributed by atoms with E-state index in [0.29, 0.717) is 81.7 Å². The summed E-state index contributed by atoms with van der Waals surface area (Å²) in [6.07, 6.45) is 5.17. The highest BCUT2D eigenvalue weighted by atomic mass is 16.5. The summed E-state index contributed by atoms with van der Waals surface area (Å²) in [6, 6.07) is 9.55. The number of methoxy groups -OCH3 is 2. The topological polar surface area (TPSA) is 200 Å². The highest BCUT2D eigenvalue weighted by Gasteiger charge is 2.45. The molecule has 4 aromatic rings. The molecule has 2 aromatic carbocycles. The maximum Gasteiger partial charge on any atom is 0.264 e. The number of hydrogen-bond donors (Lipinski definition) is 3. The summed E-state index contributed by atoms with van der Waals surface area (Å²) in [5, 5.41) is 9.57. The fourth-order valence-electron chi connectivity index (χ4n) is 7.56. The number of ether oxygens (including phenoxy) is 4. The summed E-state index contributed by atoms with van der Waals surface area (Å²) in [7, 11) is 4.93. The molecule has 7 rings (SSSR count). The minimum Gasteiger partial charge on any atom is -0.496 e. The molecule has 304 valence electrons. The number of aryl methyl sites for hydroxylation is 1. The van der Waals surface area contributed by atoms with Gasteiger partial charge in [-0.2, -0.15) is 0 Å². The van der Waals surface area contributed by atoms with Crippen LogP contribution >= 0.6 is 0 Å². The van der Waals surface area contributed by atoms with Crippen molar-refractivity contribution >= 4 is 46.0 Å². The van der Waals surface area contributed by atoms with Crippen molar-refractivity contribution in [2.24, 2.45) is 13.0 Å². The van der Waals surface area contributed by atoms with Crippen LogP contribution in [0.5, 0.6) is 11.5 Å². The number of fused-ring (bicyclic) bond motifs is 2. The second-order valence-corrected chi connectivity index (χ2v) is 14.2. The molecular formula is C41H45N7O10. The second-order valence-electron chi connectivity index (χ2n) is 14.2. The van der Waals surface area contributed by atoms with Crippen LogP contribution < -0.4 is 31.0 Å². The summed E-state index contributed by atoms with van der Waals surface area (Å²) < 4.78 is 24.4. The predicted molar refractivity (Wildman–Crippen MR) is 211 cm³/mol. The Kier molecular flexibility index (Phi) is 12.1. The number of benzene rings is 2. The lowest BCUT2D eigenvalue weighted by atomic mass is 9.96. The Morgan fingerprint density at radius 2 is 1.62 bits per heavy atom. The van der Waals surface area contributed by atoms with Gasteiger partial charge in [-0.3, -0.25) is 48.9 Å². The van der Waals surface area contributed by atoms with Crippen molar-refractivity contribution in [3.63, 3.8) is 0 Å². The van der Waals surface area contributed by atoms with Crippen molar-refractivity contribution in [1.29, 1.82) is 0 Å². The number of imide groups is 2. The van der Waals surface area contributed by atoms with Gasteiger partial charge in [0, 0.05) is 76.0 Å². The third kappa shape index (κ3) is 8.14. The summed E-state index contributed by atoms with van der Waals surface area (Å²) >= 11 is 0. The number of hydrogen-bond acceptors (Lipinski definition) is 13. The zero-order valence-electron chi connectivity index (χ0n) is 32.5. The maximum absolute atomic E-state index is 13.2. The monoisotopic (exact) mass is 795 g/mol. The van der Waals surface area contributed by atoms with Crippen LogP contribution in [0.1, 0.15) is 39.1 Å². The minimum absolute atomic E-state index is 0.0414. The van der Waals surface area contributed by atoms with Crippen molar-refractivity contribution in [1.82, 2.24) is 30.0 Å². The van der Waals surface area contributed by atoms with Crippen LogP contribution in [0.2, 0.25) is 0 Å². The van der Waals surface area contributed by atoms with Gasteiger partial charge in [-0.15, -0.1) is 0 Å². The molecule has 17 nitrogen and oxygen atoms in total. The van der Waals surface area contributed by atoms with E-state index in [2.05, 4.69) is 25.8 Å². The molecule has 5 amide bonds. The summed E-state index contributed by atoms with van der Waals surface area (Å²) in [5.74, 6) is -1.14. The minimum atomic E-state index is -1.03. The average molecular weight is 796 g/mol. The van der Waals surface area contributed by atoms with Crippen molar-refractivity contribution < 1.29 is 42.9 Å². The summed E-state index contributed by atoms with van der Waals surface area (Å²) in [5.41, 5.74) is 3.27. The Hall–Kier alpha value is -6.17. The van der Waals surface area contributed by atoms with E-state index in [9.17, 15) is 28.8 Å². The molecule has 2 fully saturated rings. The molecule has 0 bridgehead atoms. The first-order valence-corrected chi connectivity index (χ1v) is 19.0. The number of nitrogens with one attached hydrogen (secondary N) is 3. The van der Waals surface area contributed by atoms with E-state index in [1.165, 1.54) is 4.57 Å². The number of anilines is 1. The van der Waals surface area contributed by atoms with E-state index < -0.39 is 29.7 Å². The molecule has 5 heterocycles. The first-order chi connectivity index (χ1) is 28.1. The maximum atomic E-state index is 13.2. The molecule has 0 radical (unpaired) electrons. The molecule has 1 unspecified atom stereocenters. The van der Waals surface area contributed by atoms with Gasteiger partial charge in [0.05, 0.1) is 68.6 Å². The van der Waals surface area contributed by atoms with Gasteiger partial charge in [0.2, 0.25) is 17.7 Å². The van der Waals surface area contributed by atoms with E-state index in [0.717, 1.165) is 27.0 Å². The Labute approximate surface area is 333 Å². The van der Waals surface area contributed by atoms with Crippen LogP contribution in [0.4, 0.5) is 5.69 Å². The SMILES string of the molecule is COc1cc(-c2cn(C)c(=O)c3cnccc23)cc(OC)c1CN1CC(C(=O)NCCOCCOCCNc2cccc3c2C(=O)N(C2CCC(=O)NC2=O)C3=O)C1. The van der Waals surface area contributed by atoms with Crippen molar-refractivity contribution in [3.8, 4) is 22.6 Å². The largest absolute Gasteiger partial charge is 0.496 e. The standard InChI is InChI=1S/C41H45N7O10/c1-46-22-29(26-9-10-42-19-28(26)39(46)52)24-17-33(55-2)30(34(18-24)56-3)23-47-20-25(21-47)37(50)44-12-14-58-16-15-57-13-11-43-31-6-4-5-27-36(31)41(54)48(40(27)53)32-7-8-35(49)45-38(32)51/h4-6,9-10,17-19,22,25,32,43H,7-8,11-16,20-21,23H2,1-3H3,(H,44,50)(H,45,49,51). The van der Waals surface area contributed by atoms with Gasteiger partial charge in [0.1, 0.15) is 17.5 Å². The number of nitrogens with zero attached hydrogens (tertiary/aromatic N) is 4. The lowest BCUT2D eigenvalue weighted by Crippen LogP contribution is -2.54. The van der Waals surface area contributed by atoms with Crippen LogP contribution in [-0.4, -0.2) is 122 Å². The number of carbonyl (C=O) groups excluding carboxylic acids is 5. The smallest absolute Gasteiger partial charge is 0.264 e. The van der Waals surface area contributed by atoms with Gasteiger partial charge in [-0.25, -0.2) is 0 Å². The average Bonchev–Trinajstić information content (AvgIpc) is 3.46. The van der Waals surface area contributed by atoms with E-state index in [4.69, 9.17) is 18.9 Å². The van der Waals surface area contributed by atoms with Crippen LogP contribution in [0.25, 0.3) is 21.9 Å². The fraction of sp³-hybridized carbons (Fsp3) is 0.390. The molecule has 1 atom stereocenters. The Bertz CT molecular complexity index is 2300. The van der Waals surface area contributed by atoms with Gasteiger partial charge in [0.25, 0.3) is 17.4 Å². The molecule has 58 heavy (non-hydrogen) atoms. The Morgan fingerprint density at radius 1 is 0.897 bits per heavy atom. The zero-order valence-corrected chi connectivity index (χ0v) is 32.5. The third-order valence-electron chi connectivity index (χ3n) is 10.6. The first kappa shape index (κ1) is 40.0. The van der Waals surface area contributed by atoms with Crippen molar-refractivity contribution in [3.05, 3.63) is 82.0 Å². The zero-order chi connectivity index (χ0) is 40.9. The fourth-order valence-corrected chi connectivity index (χ4v) is 7.56. The number of rotatable bonds is 17. The van der Waals surface area contributed by atoms with Crippen LogP contribution in [0.15, 0.2) is 59.8 Å². The van der Waals surface area contributed by atoms with Crippen molar-refractivity contribution in [2.75, 3.05) is 72.1 Å². The van der Waals surface area contributed by atoms with Crippen LogP contribution in [0.3, 0.4) is 0 Å². The van der Waals surface area contributed by atoms with Gasteiger partial charge >= 0.3 is 0 Å². The van der Waals surface area contributed by atoms with E-state index in [1.54, 1.807) is 58.1 Å². The molecule has 17 heteroatoms. The molecule has 3 aliphatic rings. The van der Waals surface area contributed by atoms with Crippen molar-refractivity contribution in [2.45, 2.75) is 25.4 Å². The number of amides is 5. The van der Waals surface area contributed by atoms with E-state index in [1.807, 2.05) is 18.2 Å². The number of aromatic nitrogens is 2. The third-order valence-corrected chi connectivity index (χ3v) is 10.6. The number of carbonyl (C=O) groups is 5. The highest BCUT2D eigenvalue weighted by Crippen LogP contribution is 2.39. The first-order valence-electron chi connectivity index (χ1n) is 19.0. The molecule has 0 aliphatic carbocycles. The normalized spacial score (nSPS) is 16.9. The Balaban J connectivity index is 0.800. The molecule has 2 aromatic heterocycles. The lowest BCUT2D eigenvalue weighted by molar-refractivity contribution is -0.136. The quantitative estimate of drug-likeness (QED) is 0.103. The summed E-state index contributed by atoms with van der Waals surface area (Å²) in [4.78, 5) is 82.9. The Morgan fingerprint density at radius 3 is 2.33 bits per heavy atom. The summed E-state index contributed by atoms with van der Waals surface area (Å²) in [6.45, 7) is 3.65. The molecular weight excluding hydrogens is 750 g/mol. The van der Waals surface area contributed by atoms with Crippen LogP contribution in [0, 0.1) is 5.92 Å². The molecule has 0 saturated carbocycles. The van der Waals surface area contributed by atoms with Gasteiger partial charge < -0.3 is 34.1 Å². The van der Waals surface area contributed by atoms with Gasteiger partial charge in [0.15, 0.2) is 0 Å². The predicted octanol–water partition coefficient (Wildman–Crippen LogP) is 1.71. The highest BCUT2D eigenvalue weighted by molar-refractivity contribution is 6.25. The molecule has 2 saturated heterocycles. The van der Waals surface area contributed by atoms with E-state index in [-0.39, 0.29) is 41.4 Å². The van der Waals surface area contributed by atoms with Crippen LogP contribution in [-0.2, 0) is 37.4 Å². The molecule has 3 aliphatic heterocycles. The number of pyridine rings is 2. The molecule has 3 N–H and O–H groups in total. The van der Waals surface area contributed by atoms with E-state index >= 15 is 0 Å². The number of likely N-dealkylation sites (tertiary alicyclic amines) is 1. The lowest BCUT2D eigenvalue weighted by Gasteiger charge is -2.38. The van der Waals surface area contributed by atoms with Gasteiger partial charge in [-0.05, 0) is 47.7 Å². The second kappa shape index (κ2) is 17.5. The van der Waals surface area contributed by atoms with Gasteiger partial charge in [-0.1, -0.05) is 6.07 Å².